The van der Waals surface area contributed by atoms with Crippen LogP contribution in [-0.4, -0.2) is 23.3 Å². The first kappa shape index (κ1) is 21.0. The van der Waals surface area contributed by atoms with E-state index in [1.165, 1.54) is 17.3 Å². The normalized spacial score (nSPS) is 11.9. The molecule has 1 unspecified atom stereocenters. The van der Waals surface area contributed by atoms with Gasteiger partial charge in [-0.05, 0) is 43.0 Å². The summed E-state index contributed by atoms with van der Waals surface area (Å²) in [5.74, 6) is 0.832. The van der Waals surface area contributed by atoms with Crippen LogP contribution in [0.3, 0.4) is 0 Å². The maximum Gasteiger partial charge on any atom is 0.234 e. The number of nitrogens with one attached hydrogen (secondary N) is 2. The molecule has 2 rings (SSSR count). The molecule has 5 heteroatoms. The summed E-state index contributed by atoms with van der Waals surface area (Å²) in [5, 5.41) is 5.82. The SMILES string of the molecule is Cc1ccc(NC(=O)CSCC(=O)NC(C)c2ccc(C(C)C)cc2)cc1. The van der Waals surface area contributed by atoms with Crippen LogP contribution in [0, 0.1) is 6.92 Å². The highest BCUT2D eigenvalue weighted by molar-refractivity contribution is 8.00. The molecule has 0 fully saturated rings. The Bertz CT molecular complexity index is 755. The van der Waals surface area contributed by atoms with Gasteiger partial charge in [0.25, 0.3) is 0 Å². The van der Waals surface area contributed by atoms with Crippen LogP contribution in [0.5, 0.6) is 0 Å². The van der Waals surface area contributed by atoms with Gasteiger partial charge in [-0.3, -0.25) is 9.59 Å². The van der Waals surface area contributed by atoms with Gasteiger partial charge in [-0.25, -0.2) is 0 Å². The van der Waals surface area contributed by atoms with Gasteiger partial charge >= 0.3 is 0 Å². The number of aryl methyl sites for hydroxylation is 1. The number of amides is 2. The molecule has 0 spiro atoms. The molecule has 144 valence electrons. The highest BCUT2D eigenvalue weighted by Crippen LogP contribution is 2.18. The Hall–Kier alpha value is -2.27. The number of carbonyl (C=O) groups excluding carboxylic acids is 2. The largest absolute Gasteiger partial charge is 0.349 e. The number of thioether (sulfide) groups is 1. The smallest absolute Gasteiger partial charge is 0.234 e. The zero-order valence-electron chi connectivity index (χ0n) is 16.4. The summed E-state index contributed by atoms with van der Waals surface area (Å²) < 4.78 is 0. The predicted octanol–water partition coefficient (Wildman–Crippen LogP) is 4.67. The van der Waals surface area contributed by atoms with Crippen LogP contribution in [0.25, 0.3) is 0 Å². The van der Waals surface area contributed by atoms with Gasteiger partial charge in [0.15, 0.2) is 0 Å². The Morgan fingerprint density at radius 3 is 2.00 bits per heavy atom. The van der Waals surface area contributed by atoms with Crippen LogP contribution >= 0.6 is 11.8 Å². The van der Waals surface area contributed by atoms with E-state index in [0.29, 0.717) is 5.92 Å². The summed E-state index contributed by atoms with van der Waals surface area (Å²) in [7, 11) is 0. The molecule has 4 nitrogen and oxygen atoms in total. The Balaban J connectivity index is 1.72. The fourth-order valence-corrected chi connectivity index (χ4v) is 3.23. The fourth-order valence-electron chi connectivity index (χ4n) is 2.61. The van der Waals surface area contributed by atoms with Crippen LogP contribution < -0.4 is 10.6 Å². The van der Waals surface area contributed by atoms with Gasteiger partial charge < -0.3 is 10.6 Å². The van der Waals surface area contributed by atoms with Gasteiger partial charge in [0.1, 0.15) is 0 Å². The van der Waals surface area contributed by atoms with Gasteiger partial charge in [-0.15, -0.1) is 11.8 Å². The first-order valence-electron chi connectivity index (χ1n) is 9.18. The monoisotopic (exact) mass is 384 g/mol. The van der Waals surface area contributed by atoms with Crippen molar-refractivity contribution < 1.29 is 9.59 Å². The van der Waals surface area contributed by atoms with E-state index in [-0.39, 0.29) is 29.4 Å². The molecule has 1 atom stereocenters. The van der Waals surface area contributed by atoms with Crippen LogP contribution in [0.1, 0.15) is 49.4 Å². The molecule has 0 aliphatic heterocycles. The fraction of sp³-hybridized carbons (Fsp3) is 0.364. The van der Waals surface area contributed by atoms with E-state index in [1.807, 2.05) is 38.1 Å². The highest BCUT2D eigenvalue weighted by Gasteiger charge is 2.11. The van der Waals surface area contributed by atoms with Crippen molar-refractivity contribution in [3.63, 3.8) is 0 Å². The topological polar surface area (TPSA) is 58.2 Å². The minimum atomic E-state index is -0.103. The molecule has 0 bridgehead atoms. The minimum absolute atomic E-state index is 0.0549. The lowest BCUT2D eigenvalue weighted by Crippen LogP contribution is -2.28. The van der Waals surface area contributed by atoms with E-state index in [0.717, 1.165) is 16.8 Å². The lowest BCUT2D eigenvalue weighted by atomic mass is 10.00. The highest BCUT2D eigenvalue weighted by atomic mass is 32.2. The molecule has 0 saturated carbocycles. The summed E-state index contributed by atoms with van der Waals surface area (Å²) in [6, 6.07) is 15.9. The van der Waals surface area contributed by atoms with E-state index in [2.05, 4.69) is 48.7 Å². The molecule has 2 N–H and O–H groups in total. The Morgan fingerprint density at radius 2 is 1.41 bits per heavy atom. The molecule has 0 radical (unpaired) electrons. The average molecular weight is 385 g/mol. The molecular formula is C22H28N2O2S. The summed E-state index contributed by atoms with van der Waals surface area (Å²) in [5.41, 5.74) is 4.28. The number of benzene rings is 2. The molecule has 27 heavy (non-hydrogen) atoms. The van der Waals surface area contributed by atoms with Crippen molar-refractivity contribution in [2.24, 2.45) is 0 Å². The summed E-state index contributed by atoms with van der Waals surface area (Å²) in [6.45, 7) is 8.29. The lowest BCUT2D eigenvalue weighted by molar-refractivity contribution is -0.119. The predicted molar refractivity (Wildman–Crippen MR) is 114 cm³/mol. The summed E-state index contributed by atoms with van der Waals surface area (Å²) >= 11 is 1.31. The molecule has 0 aromatic heterocycles. The minimum Gasteiger partial charge on any atom is -0.349 e. The second kappa shape index (κ2) is 10.2. The first-order chi connectivity index (χ1) is 12.8. The number of rotatable bonds is 8. The molecule has 0 aliphatic carbocycles. The third kappa shape index (κ3) is 7.10. The molecule has 2 aromatic rings. The second-order valence-corrected chi connectivity index (χ2v) is 8.00. The van der Waals surface area contributed by atoms with Crippen LogP contribution in [0.15, 0.2) is 48.5 Å². The van der Waals surface area contributed by atoms with E-state index in [4.69, 9.17) is 0 Å². The second-order valence-electron chi connectivity index (χ2n) is 7.02. The van der Waals surface area contributed by atoms with Crippen molar-refractivity contribution >= 4 is 29.3 Å². The number of hydrogen-bond acceptors (Lipinski definition) is 3. The quantitative estimate of drug-likeness (QED) is 0.695. The molecular weight excluding hydrogens is 356 g/mol. The van der Waals surface area contributed by atoms with Crippen LogP contribution in [0.4, 0.5) is 5.69 Å². The third-order valence-corrected chi connectivity index (χ3v) is 5.21. The number of anilines is 1. The summed E-state index contributed by atoms with van der Waals surface area (Å²) in [4.78, 5) is 24.1. The van der Waals surface area contributed by atoms with E-state index < -0.39 is 0 Å². The van der Waals surface area contributed by atoms with Crippen molar-refractivity contribution in [2.75, 3.05) is 16.8 Å². The zero-order valence-corrected chi connectivity index (χ0v) is 17.2. The van der Waals surface area contributed by atoms with Gasteiger partial charge in [0, 0.05) is 5.69 Å². The van der Waals surface area contributed by atoms with Crippen molar-refractivity contribution in [1.82, 2.24) is 5.32 Å². The van der Waals surface area contributed by atoms with Crippen molar-refractivity contribution in [1.29, 1.82) is 0 Å². The molecule has 2 aromatic carbocycles. The maximum absolute atomic E-state index is 12.1. The third-order valence-electron chi connectivity index (χ3n) is 4.28. The number of carbonyl (C=O) groups is 2. The zero-order chi connectivity index (χ0) is 19.8. The van der Waals surface area contributed by atoms with Crippen LogP contribution in [0.2, 0.25) is 0 Å². The van der Waals surface area contributed by atoms with Crippen molar-refractivity contribution in [3.8, 4) is 0 Å². The Kier molecular flexibility index (Phi) is 7.92. The first-order valence-corrected chi connectivity index (χ1v) is 10.3. The van der Waals surface area contributed by atoms with E-state index >= 15 is 0 Å². The molecule has 2 amide bonds. The van der Waals surface area contributed by atoms with Gasteiger partial charge in [-0.1, -0.05) is 55.8 Å². The molecule has 0 saturated heterocycles. The maximum atomic E-state index is 12.1. The van der Waals surface area contributed by atoms with E-state index in [9.17, 15) is 9.59 Å². The van der Waals surface area contributed by atoms with E-state index in [1.54, 1.807) is 0 Å². The van der Waals surface area contributed by atoms with Gasteiger partial charge in [-0.2, -0.15) is 0 Å². The Labute approximate surface area is 166 Å². The van der Waals surface area contributed by atoms with Gasteiger partial charge in [0.2, 0.25) is 11.8 Å². The van der Waals surface area contributed by atoms with Crippen molar-refractivity contribution in [2.45, 2.75) is 39.7 Å². The Morgan fingerprint density at radius 1 is 0.852 bits per heavy atom. The average Bonchev–Trinajstić information content (AvgIpc) is 2.63. The molecule has 0 aliphatic rings. The van der Waals surface area contributed by atoms with Crippen LogP contribution in [-0.2, 0) is 9.59 Å². The lowest BCUT2D eigenvalue weighted by Gasteiger charge is -2.15. The standard InChI is InChI=1S/C22H28N2O2S/c1-15(2)18-7-9-19(10-8-18)17(4)23-21(25)13-27-14-22(26)24-20-11-5-16(3)6-12-20/h5-12,15,17H,13-14H2,1-4H3,(H,23,25)(H,24,26). The number of hydrogen-bond donors (Lipinski definition) is 2. The summed E-state index contributed by atoms with van der Waals surface area (Å²) in [6.07, 6.45) is 0. The van der Waals surface area contributed by atoms with Crippen molar-refractivity contribution in [3.05, 3.63) is 65.2 Å². The van der Waals surface area contributed by atoms with Gasteiger partial charge in [0.05, 0.1) is 17.5 Å². The molecule has 0 heterocycles.